The minimum atomic E-state index is 0.0225. The number of rotatable bonds is 4. The van der Waals surface area contributed by atoms with Crippen LogP contribution in [0.1, 0.15) is 13.3 Å². The molecule has 1 saturated heterocycles. The summed E-state index contributed by atoms with van der Waals surface area (Å²) < 4.78 is 5.34. The fourth-order valence-corrected chi connectivity index (χ4v) is 2.07. The Morgan fingerprint density at radius 3 is 3.22 bits per heavy atom. The molecule has 6 nitrogen and oxygen atoms in total. The molecule has 0 aromatic carbocycles. The van der Waals surface area contributed by atoms with E-state index >= 15 is 0 Å². The first kappa shape index (κ1) is 12.6. The Kier molecular flexibility index (Phi) is 3.96. The molecule has 1 amide bonds. The molecule has 0 bridgehead atoms. The quantitative estimate of drug-likeness (QED) is 0.840. The van der Waals surface area contributed by atoms with Gasteiger partial charge in [-0.1, -0.05) is 0 Å². The summed E-state index contributed by atoms with van der Waals surface area (Å²) in [6.07, 6.45) is 2.52. The van der Waals surface area contributed by atoms with Gasteiger partial charge in [0.2, 0.25) is 17.7 Å². The highest BCUT2D eigenvalue weighted by Gasteiger charge is 2.29. The molecule has 1 aliphatic rings. The predicted molar refractivity (Wildman–Crippen MR) is 67.6 cm³/mol. The van der Waals surface area contributed by atoms with E-state index in [9.17, 15) is 4.79 Å². The number of nitrogens with one attached hydrogen (secondary N) is 1. The fourth-order valence-electron chi connectivity index (χ4n) is 2.07. The first-order chi connectivity index (χ1) is 8.74. The van der Waals surface area contributed by atoms with Crippen LogP contribution in [0.25, 0.3) is 0 Å². The summed E-state index contributed by atoms with van der Waals surface area (Å²) in [7, 11) is 1.66. The zero-order chi connectivity index (χ0) is 13.0. The molecule has 1 aliphatic heterocycles. The molecule has 1 fully saturated rings. The maximum atomic E-state index is 11.6. The molecule has 1 N–H and O–H groups in total. The molecule has 1 aromatic heterocycles. The highest BCUT2D eigenvalue weighted by atomic mass is 16.5. The van der Waals surface area contributed by atoms with Crippen molar-refractivity contribution in [1.29, 1.82) is 0 Å². The van der Waals surface area contributed by atoms with Crippen LogP contribution in [-0.2, 0) is 4.79 Å². The maximum absolute atomic E-state index is 11.6. The van der Waals surface area contributed by atoms with E-state index in [1.807, 2.05) is 11.8 Å². The van der Waals surface area contributed by atoms with Gasteiger partial charge in [-0.3, -0.25) is 4.79 Å². The smallest absolute Gasteiger partial charge is 0.228 e. The Morgan fingerprint density at radius 1 is 1.67 bits per heavy atom. The molecule has 6 heteroatoms. The van der Waals surface area contributed by atoms with Gasteiger partial charge in [0, 0.05) is 32.4 Å². The Morgan fingerprint density at radius 2 is 2.50 bits per heavy atom. The Hall–Kier alpha value is -1.85. The summed E-state index contributed by atoms with van der Waals surface area (Å²) in [5.74, 6) is 1.31. The third kappa shape index (κ3) is 2.69. The van der Waals surface area contributed by atoms with Crippen LogP contribution in [0.5, 0.6) is 5.88 Å². The lowest BCUT2D eigenvalue weighted by molar-refractivity contribution is -0.123. The number of hydrogen-bond acceptors (Lipinski definition) is 5. The third-order valence-corrected chi connectivity index (χ3v) is 3.00. The van der Waals surface area contributed by atoms with Crippen molar-refractivity contribution < 1.29 is 9.53 Å². The SMILES string of the molecule is CCOc1ccnc(N2CC[C@H](C(=O)NC)C2)n1. The molecular formula is C12H18N4O2. The maximum Gasteiger partial charge on any atom is 0.228 e. The monoisotopic (exact) mass is 250 g/mol. The van der Waals surface area contributed by atoms with E-state index < -0.39 is 0 Å². The summed E-state index contributed by atoms with van der Waals surface area (Å²) in [6.45, 7) is 3.96. The summed E-state index contributed by atoms with van der Waals surface area (Å²) in [4.78, 5) is 22.1. The Bertz CT molecular complexity index is 424. The second-order valence-electron chi connectivity index (χ2n) is 4.17. The molecule has 0 unspecified atom stereocenters. The average Bonchev–Trinajstić information content (AvgIpc) is 2.88. The molecule has 98 valence electrons. The number of carbonyl (C=O) groups is 1. The summed E-state index contributed by atoms with van der Waals surface area (Å²) in [5, 5.41) is 2.68. The fraction of sp³-hybridized carbons (Fsp3) is 0.583. The molecule has 0 saturated carbocycles. The van der Waals surface area contributed by atoms with E-state index in [1.54, 1.807) is 19.3 Å². The van der Waals surface area contributed by atoms with E-state index in [0.29, 0.717) is 25.0 Å². The molecule has 0 aliphatic carbocycles. The van der Waals surface area contributed by atoms with Crippen molar-refractivity contribution in [2.24, 2.45) is 5.92 Å². The van der Waals surface area contributed by atoms with E-state index in [4.69, 9.17) is 4.74 Å². The average molecular weight is 250 g/mol. The summed E-state index contributed by atoms with van der Waals surface area (Å²) in [5.41, 5.74) is 0. The van der Waals surface area contributed by atoms with Crippen molar-refractivity contribution in [1.82, 2.24) is 15.3 Å². The van der Waals surface area contributed by atoms with E-state index in [1.165, 1.54) is 0 Å². The number of carbonyl (C=O) groups excluding carboxylic acids is 1. The first-order valence-electron chi connectivity index (χ1n) is 6.17. The zero-order valence-corrected chi connectivity index (χ0v) is 10.7. The van der Waals surface area contributed by atoms with Crippen molar-refractivity contribution in [3.05, 3.63) is 12.3 Å². The lowest BCUT2D eigenvalue weighted by Crippen LogP contribution is -2.30. The standard InChI is InChI=1S/C12H18N4O2/c1-3-18-10-4-6-14-12(15-10)16-7-5-9(8-16)11(17)13-2/h4,6,9H,3,5,7-8H2,1-2H3,(H,13,17)/t9-/m0/s1. The van der Waals surface area contributed by atoms with Gasteiger partial charge in [0.15, 0.2) is 0 Å². The van der Waals surface area contributed by atoms with Crippen LogP contribution in [0, 0.1) is 5.92 Å². The van der Waals surface area contributed by atoms with Gasteiger partial charge in [-0.15, -0.1) is 0 Å². The first-order valence-corrected chi connectivity index (χ1v) is 6.17. The Balaban J connectivity index is 2.04. The highest BCUT2D eigenvalue weighted by molar-refractivity contribution is 5.79. The topological polar surface area (TPSA) is 67.3 Å². The number of nitrogens with zero attached hydrogens (tertiary/aromatic N) is 3. The molecule has 18 heavy (non-hydrogen) atoms. The van der Waals surface area contributed by atoms with E-state index in [0.717, 1.165) is 13.0 Å². The molecule has 1 aromatic rings. The lowest BCUT2D eigenvalue weighted by atomic mass is 10.1. The van der Waals surface area contributed by atoms with Crippen LogP contribution in [-0.4, -0.2) is 42.6 Å². The lowest BCUT2D eigenvalue weighted by Gasteiger charge is -2.16. The third-order valence-electron chi connectivity index (χ3n) is 3.00. The van der Waals surface area contributed by atoms with E-state index in [-0.39, 0.29) is 11.8 Å². The number of anilines is 1. The van der Waals surface area contributed by atoms with Gasteiger partial charge in [-0.2, -0.15) is 4.98 Å². The number of ether oxygens (including phenoxy) is 1. The predicted octanol–water partition coefficient (Wildman–Crippen LogP) is 0.448. The van der Waals surface area contributed by atoms with Crippen molar-refractivity contribution in [3.8, 4) is 5.88 Å². The molecule has 0 spiro atoms. The van der Waals surface area contributed by atoms with Gasteiger partial charge in [-0.05, 0) is 13.3 Å². The summed E-state index contributed by atoms with van der Waals surface area (Å²) in [6, 6.07) is 1.74. The molecular weight excluding hydrogens is 232 g/mol. The van der Waals surface area contributed by atoms with Crippen LogP contribution in [0.3, 0.4) is 0 Å². The minimum absolute atomic E-state index is 0.0225. The van der Waals surface area contributed by atoms with Crippen molar-refractivity contribution in [3.63, 3.8) is 0 Å². The van der Waals surface area contributed by atoms with Crippen LogP contribution in [0.2, 0.25) is 0 Å². The second kappa shape index (κ2) is 5.66. The largest absolute Gasteiger partial charge is 0.478 e. The van der Waals surface area contributed by atoms with Gasteiger partial charge in [-0.25, -0.2) is 4.98 Å². The van der Waals surface area contributed by atoms with Gasteiger partial charge in [0.25, 0.3) is 0 Å². The number of aromatic nitrogens is 2. The van der Waals surface area contributed by atoms with Crippen molar-refractivity contribution in [2.45, 2.75) is 13.3 Å². The minimum Gasteiger partial charge on any atom is -0.478 e. The second-order valence-corrected chi connectivity index (χ2v) is 4.17. The van der Waals surface area contributed by atoms with Crippen molar-refractivity contribution in [2.75, 3.05) is 31.6 Å². The highest BCUT2D eigenvalue weighted by Crippen LogP contribution is 2.22. The van der Waals surface area contributed by atoms with Gasteiger partial charge < -0.3 is 15.0 Å². The van der Waals surface area contributed by atoms with Crippen LogP contribution >= 0.6 is 0 Å². The molecule has 2 rings (SSSR count). The van der Waals surface area contributed by atoms with Crippen LogP contribution in [0.4, 0.5) is 5.95 Å². The number of hydrogen-bond donors (Lipinski definition) is 1. The summed E-state index contributed by atoms with van der Waals surface area (Å²) >= 11 is 0. The molecule has 1 atom stereocenters. The van der Waals surface area contributed by atoms with Gasteiger partial charge >= 0.3 is 0 Å². The van der Waals surface area contributed by atoms with E-state index in [2.05, 4.69) is 15.3 Å². The van der Waals surface area contributed by atoms with Crippen molar-refractivity contribution >= 4 is 11.9 Å². The normalized spacial score (nSPS) is 18.8. The van der Waals surface area contributed by atoms with Gasteiger partial charge in [0.1, 0.15) is 0 Å². The number of amides is 1. The Labute approximate surface area is 106 Å². The zero-order valence-electron chi connectivity index (χ0n) is 10.7. The van der Waals surface area contributed by atoms with Crippen LogP contribution < -0.4 is 15.0 Å². The molecule has 2 heterocycles. The van der Waals surface area contributed by atoms with Crippen LogP contribution in [0.15, 0.2) is 12.3 Å². The molecule has 0 radical (unpaired) electrons. The van der Waals surface area contributed by atoms with Gasteiger partial charge in [0.05, 0.1) is 12.5 Å².